The number of nitrogens with one attached hydrogen (secondary N) is 1. The number of aryl methyl sites for hydroxylation is 1. The van der Waals surface area contributed by atoms with Gasteiger partial charge in [0.05, 0.1) is 5.02 Å². The minimum absolute atomic E-state index is 0.717. The van der Waals surface area contributed by atoms with Crippen LogP contribution in [0.5, 0.6) is 0 Å². The number of halogens is 1. The zero-order valence-corrected chi connectivity index (χ0v) is 7.44. The van der Waals surface area contributed by atoms with E-state index in [9.17, 15) is 0 Å². The van der Waals surface area contributed by atoms with Gasteiger partial charge in [0.2, 0.25) is 0 Å². The Kier molecular flexibility index (Phi) is 2.71. The van der Waals surface area contributed by atoms with Crippen molar-refractivity contribution in [3.05, 3.63) is 22.8 Å². The molecule has 0 aliphatic carbocycles. The molecular weight excluding hydrogens is 160 g/mol. The first-order valence-electron chi connectivity index (χ1n) is 3.60. The summed E-state index contributed by atoms with van der Waals surface area (Å²) < 4.78 is 0. The lowest BCUT2D eigenvalue weighted by molar-refractivity contribution is 1.15. The minimum Gasteiger partial charge on any atom is -0.369 e. The minimum atomic E-state index is 0.717. The summed E-state index contributed by atoms with van der Waals surface area (Å²) in [7, 11) is 0. The Morgan fingerprint density at radius 1 is 1.64 bits per heavy atom. The number of hydrogen-bond donors (Lipinski definition) is 1. The van der Waals surface area contributed by atoms with E-state index in [1.807, 2.05) is 19.9 Å². The summed E-state index contributed by atoms with van der Waals surface area (Å²) in [6.45, 7) is 4.82. The van der Waals surface area contributed by atoms with Crippen molar-refractivity contribution in [2.24, 2.45) is 0 Å². The second-order valence-electron chi connectivity index (χ2n) is 2.32. The molecule has 0 saturated carbocycles. The summed E-state index contributed by atoms with van der Waals surface area (Å²) in [5.74, 6) is 0.772. The highest BCUT2D eigenvalue weighted by Crippen LogP contribution is 2.21. The van der Waals surface area contributed by atoms with Crippen LogP contribution < -0.4 is 5.32 Å². The van der Waals surface area contributed by atoms with Crippen LogP contribution >= 0.6 is 11.6 Å². The van der Waals surface area contributed by atoms with Gasteiger partial charge in [0, 0.05) is 12.7 Å². The Morgan fingerprint density at radius 2 is 2.36 bits per heavy atom. The van der Waals surface area contributed by atoms with Gasteiger partial charge in [-0.25, -0.2) is 4.98 Å². The van der Waals surface area contributed by atoms with E-state index in [0.29, 0.717) is 5.02 Å². The van der Waals surface area contributed by atoms with E-state index in [1.165, 1.54) is 0 Å². The summed E-state index contributed by atoms with van der Waals surface area (Å²) in [6.07, 6.45) is 1.75. The van der Waals surface area contributed by atoms with E-state index < -0.39 is 0 Å². The maximum absolute atomic E-state index is 5.95. The number of aromatic nitrogens is 1. The fourth-order valence-electron chi connectivity index (χ4n) is 0.831. The molecule has 0 bridgehead atoms. The van der Waals surface area contributed by atoms with Crippen LogP contribution in [0.3, 0.4) is 0 Å². The molecule has 0 saturated heterocycles. The molecule has 1 heterocycles. The largest absolute Gasteiger partial charge is 0.369 e. The topological polar surface area (TPSA) is 24.9 Å². The maximum atomic E-state index is 5.95. The first kappa shape index (κ1) is 8.34. The van der Waals surface area contributed by atoms with Gasteiger partial charge in [0.15, 0.2) is 0 Å². The highest BCUT2D eigenvalue weighted by Gasteiger charge is 2.00. The lowest BCUT2D eigenvalue weighted by Gasteiger charge is -2.05. The van der Waals surface area contributed by atoms with Crippen LogP contribution in [0.2, 0.25) is 5.02 Å². The molecule has 0 amide bonds. The first-order valence-corrected chi connectivity index (χ1v) is 3.98. The number of hydrogen-bond acceptors (Lipinski definition) is 2. The van der Waals surface area contributed by atoms with Crippen molar-refractivity contribution in [1.82, 2.24) is 4.98 Å². The third-order valence-corrected chi connectivity index (χ3v) is 1.90. The van der Waals surface area contributed by atoms with E-state index >= 15 is 0 Å². The Bertz CT molecular complexity index is 248. The standard InChI is InChI=1S/C8H11ClN2/c1-3-10-8-7(9)6(2)4-5-11-8/h4-5H,3H2,1-2H3,(H,10,11). The molecule has 0 atom stereocenters. The van der Waals surface area contributed by atoms with Gasteiger partial charge in [-0.15, -0.1) is 0 Å². The van der Waals surface area contributed by atoms with Crippen LogP contribution in [0.15, 0.2) is 12.3 Å². The Hall–Kier alpha value is -0.760. The molecular formula is C8H11ClN2. The van der Waals surface area contributed by atoms with Crippen molar-refractivity contribution in [3.8, 4) is 0 Å². The van der Waals surface area contributed by atoms with Crippen molar-refractivity contribution in [3.63, 3.8) is 0 Å². The lowest BCUT2D eigenvalue weighted by Crippen LogP contribution is -2.00. The molecule has 60 valence electrons. The highest BCUT2D eigenvalue weighted by molar-refractivity contribution is 6.33. The van der Waals surface area contributed by atoms with Gasteiger partial charge in [-0.3, -0.25) is 0 Å². The Balaban J connectivity index is 2.96. The molecule has 0 unspecified atom stereocenters. The summed E-state index contributed by atoms with van der Waals surface area (Å²) >= 11 is 5.95. The van der Waals surface area contributed by atoms with Crippen LogP contribution in [-0.2, 0) is 0 Å². The third kappa shape index (κ3) is 1.84. The normalized spacial score (nSPS) is 9.73. The quantitative estimate of drug-likeness (QED) is 0.738. The molecule has 2 nitrogen and oxygen atoms in total. The number of anilines is 1. The molecule has 1 N–H and O–H groups in total. The predicted octanol–water partition coefficient (Wildman–Crippen LogP) is 2.48. The third-order valence-electron chi connectivity index (χ3n) is 1.43. The van der Waals surface area contributed by atoms with Crippen molar-refractivity contribution in [2.75, 3.05) is 11.9 Å². The number of rotatable bonds is 2. The zero-order valence-electron chi connectivity index (χ0n) is 6.69. The Morgan fingerprint density at radius 3 is 3.00 bits per heavy atom. The van der Waals surface area contributed by atoms with E-state index in [-0.39, 0.29) is 0 Å². The van der Waals surface area contributed by atoms with Gasteiger partial charge >= 0.3 is 0 Å². The molecule has 1 rings (SSSR count). The molecule has 0 aromatic carbocycles. The zero-order chi connectivity index (χ0) is 8.27. The van der Waals surface area contributed by atoms with Gasteiger partial charge in [0.1, 0.15) is 5.82 Å². The summed E-state index contributed by atoms with van der Waals surface area (Å²) in [5.41, 5.74) is 1.05. The number of nitrogens with zero attached hydrogens (tertiary/aromatic N) is 1. The average molecular weight is 171 g/mol. The van der Waals surface area contributed by atoms with Gasteiger partial charge in [-0.1, -0.05) is 11.6 Å². The fraction of sp³-hybridized carbons (Fsp3) is 0.375. The molecule has 0 spiro atoms. The lowest BCUT2D eigenvalue weighted by atomic mass is 10.3. The van der Waals surface area contributed by atoms with Crippen LogP contribution in [0.1, 0.15) is 12.5 Å². The monoisotopic (exact) mass is 170 g/mol. The molecule has 0 radical (unpaired) electrons. The smallest absolute Gasteiger partial charge is 0.145 e. The fourth-order valence-corrected chi connectivity index (χ4v) is 1.01. The molecule has 1 aromatic heterocycles. The molecule has 1 aromatic rings. The van der Waals surface area contributed by atoms with Crippen molar-refractivity contribution < 1.29 is 0 Å². The maximum Gasteiger partial charge on any atom is 0.145 e. The van der Waals surface area contributed by atoms with E-state index in [4.69, 9.17) is 11.6 Å². The molecule has 0 aliphatic heterocycles. The summed E-state index contributed by atoms with van der Waals surface area (Å²) in [5, 5.41) is 3.79. The van der Waals surface area contributed by atoms with Gasteiger partial charge in [0.25, 0.3) is 0 Å². The van der Waals surface area contributed by atoms with Crippen LogP contribution in [0.25, 0.3) is 0 Å². The molecule has 0 fully saturated rings. The first-order chi connectivity index (χ1) is 5.25. The van der Waals surface area contributed by atoms with E-state index in [1.54, 1.807) is 6.20 Å². The van der Waals surface area contributed by atoms with Crippen LogP contribution in [0, 0.1) is 6.92 Å². The second-order valence-corrected chi connectivity index (χ2v) is 2.70. The van der Waals surface area contributed by atoms with Crippen molar-refractivity contribution >= 4 is 17.4 Å². The van der Waals surface area contributed by atoms with E-state index in [2.05, 4.69) is 10.3 Å². The molecule has 11 heavy (non-hydrogen) atoms. The molecule has 3 heteroatoms. The Labute approximate surface area is 71.6 Å². The van der Waals surface area contributed by atoms with Gasteiger partial charge in [-0.05, 0) is 25.5 Å². The SMILES string of the molecule is CCNc1nccc(C)c1Cl. The van der Waals surface area contributed by atoms with Gasteiger partial charge < -0.3 is 5.32 Å². The van der Waals surface area contributed by atoms with Crippen molar-refractivity contribution in [2.45, 2.75) is 13.8 Å². The van der Waals surface area contributed by atoms with Gasteiger partial charge in [-0.2, -0.15) is 0 Å². The van der Waals surface area contributed by atoms with Crippen LogP contribution in [0.4, 0.5) is 5.82 Å². The second kappa shape index (κ2) is 3.58. The molecule has 0 aliphatic rings. The summed E-state index contributed by atoms with van der Waals surface area (Å²) in [6, 6.07) is 1.89. The predicted molar refractivity (Wildman–Crippen MR) is 48.1 cm³/mol. The van der Waals surface area contributed by atoms with E-state index in [0.717, 1.165) is 17.9 Å². The van der Waals surface area contributed by atoms with Crippen LogP contribution in [-0.4, -0.2) is 11.5 Å². The highest BCUT2D eigenvalue weighted by atomic mass is 35.5. The summed E-state index contributed by atoms with van der Waals surface area (Å²) in [4.78, 5) is 4.09. The number of pyridine rings is 1. The average Bonchev–Trinajstić information content (AvgIpc) is 1.99. The van der Waals surface area contributed by atoms with Crippen molar-refractivity contribution in [1.29, 1.82) is 0 Å².